The van der Waals surface area contributed by atoms with Gasteiger partial charge in [0.25, 0.3) is 11.8 Å². The van der Waals surface area contributed by atoms with Crippen LogP contribution in [-0.4, -0.2) is 41.3 Å². The second-order valence-electron chi connectivity index (χ2n) is 7.58. The monoisotopic (exact) mass is 439 g/mol. The van der Waals surface area contributed by atoms with Crippen LogP contribution >= 0.6 is 0 Å². The highest BCUT2D eigenvalue weighted by molar-refractivity contribution is 5.97. The van der Waals surface area contributed by atoms with Crippen LogP contribution in [0.4, 0.5) is 4.79 Å². The molecule has 0 spiro atoms. The fourth-order valence-corrected chi connectivity index (χ4v) is 2.40. The summed E-state index contributed by atoms with van der Waals surface area (Å²) in [4.78, 5) is 36.1. The largest absolute Gasteiger partial charge is 0.444 e. The fourth-order valence-electron chi connectivity index (χ4n) is 2.40. The van der Waals surface area contributed by atoms with Crippen LogP contribution in [0.5, 0.6) is 0 Å². The summed E-state index contributed by atoms with van der Waals surface area (Å²) in [6.45, 7) is 4.81. The minimum absolute atomic E-state index is 0. The maximum Gasteiger partial charge on any atom is 0.407 e. The van der Waals surface area contributed by atoms with Gasteiger partial charge in [0.1, 0.15) is 11.6 Å². The van der Waals surface area contributed by atoms with Crippen LogP contribution in [0.25, 0.3) is 0 Å². The van der Waals surface area contributed by atoms with Gasteiger partial charge in [0.05, 0.1) is 6.54 Å². The predicted molar refractivity (Wildman–Crippen MR) is 121 cm³/mol. The standard InChI is InChI=1S/C23H25N3O5.CH4/c1-23(2,3)31-22(29)24-15-19(21(28)26-30)25-20(27)18-13-11-17(12-14-18)10-9-16-7-5-4-6-8-16;/h4-8,11-14,19,30H,15H2,1-3H3,(H,24,29)(H,25,27)(H,26,28);1H4/t19-;/m0./s1. The van der Waals surface area contributed by atoms with E-state index in [4.69, 9.17) is 9.94 Å². The molecule has 0 unspecified atom stereocenters. The lowest BCUT2D eigenvalue weighted by Gasteiger charge is -2.21. The smallest absolute Gasteiger partial charge is 0.407 e. The van der Waals surface area contributed by atoms with Gasteiger partial charge in [-0.05, 0) is 57.2 Å². The van der Waals surface area contributed by atoms with Crippen molar-refractivity contribution >= 4 is 17.9 Å². The summed E-state index contributed by atoms with van der Waals surface area (Å²) in [6.07, 6.45) is -0.751. The third kappa shape index (κ3) is 8.90. The number of carbonyl (C=O) groups excluding carboxylic acids is 3. The quantitative estimate of drug-likeness (QED) is 0.325. The normalized spacial score (nSPS) is 11.0. The minimum Gasteiger partial charge on any atom is -0.444 e. The zero-order valence-corrected chi connectivity index (χ0v) is 17.6. The molecular weight excluding hydrogens is 410 g/mol. The average Bonchev–Trinajstić information content (AvgIpc) is 2.74. The molecule has 32 heavy (non-hydrogen) atoms. The zero-order chi connectivity index (χ0) is 22.9. The van der Waals surface area contributed by atoms with Gasteiger partial charge in [0.2, 0.25) is 0 Å². The van der Waals surface area contributed by atoms with E-state index < -0.39 is 29.6 Å². The molecule has 2 aromatic carbocycles. The van der Waals surface area contributed by atoms with Crippen LogP contribution in [-0.2, 0) is 9.53 Å². The lowest BCUT2D eigenvalue weighted by atomic mass is 10.1. The number of ether oxygens (including phenoxy) is 1. The van der Waals surface area contributed by atoms with Gasteiger partial charge in [-0.15, -0.1) is 0 Å². The maximum atomic E-state index is 12.5. The van der Waals surface area contributed by atoms with Crippen molar-refractivity contribution in [1.29, 1.82) is 0 Å². The SMILES string of the molecule is C.CC(C)(C)OC(=O)NC[C@H](NC(=O)c1ccc(C#Cc2ccccc2)cc1)C(=O)NO. The van der Waals surface area contributed by atoms with Gasteiger partial charge in [-0.3, -0.25) is 14.8 Å². The molecule has 0 heterocycles. The number of nitrogens with one attached hydrogen (secondary N) is 3. The first-order valence-electron chi connectivity index (χ1n) is 9.57. The Balaban J connectivity index is 0.00000512. The maximum absolute atomic E-state index is 12.5. The molecule has 2 aromatic rings. The van der Waals surface area contributed by atoms with Crippen molar-refractivity contribution in [3.8, 4) is 11.8 Å². The molecule has 1 atom stereocenters. The summed E-state index contributed by atoms with van der Waals surface area (Å²) in [7, 11) is 0. The summed E-state index contributed by atoms with van der Waals surface area (Å²) in [5.41, 5.74) is 2.64. The molecule has 2 rings (SSSR count). The number of rotatable bonds is 5. The third-order valence-electron chi connectivity index (χ3n) is 3.85. The molecule has 0 radical (unpaired) electrons. The van der Waals surface area contributed by atoms with Gasteiger partial charge >= 0.3 is 6.09 Å². The number of hydroxylamine groups is 1. The average molecular weight is 440 g/mol. The molecule has 0 saturated carbocycles. The molecule has 0 aliphatic rings. The van der Waals surface area contributed by atoms with Crippen molar-refractivity contribution in [3.63, 3.8) is 0 Å². The first kappa shape index (κ1) is 26.2. The van der Waals surface area contributed by atoms with Crippen molar-refractivity contribution in [2.24, 2.45) is 0 Å². The van der Waals surface area contributed by atoms with E-state index in [0.717, 1.165) is 11.1 Å². The third-order valence-corrected chi connectivity index (χ3v) is 3.85. The number of carbonyl (C=O) groups is 3. The highest BCUT2D eigenvalue weighted by Gasteiger charge is 2.23. The number of alkyl carbamates (subject to hydrolysis) is 1. The molecule has 0 bridgehead atoms. The van der Waals surface area contributed by atoms with Crippen molar-refractivity contribution in [2.75, 3.05) is 6.54 Å². The van der Waals surface area contributed by atoms with Crippen LogP contribution in [0.15, 0.2) is 54.6 Å². The molecule has 0 fully saturated rings. The summed E-state index contributed by atoms with van der Waals surface area (Å²) in [5.74, 6) is 4.60. The highest BCUT2D eigenvalue weighted by atomic mass is 16.6. The van der Waals surface area contributed by atoms with E-state index in [1.165, 1.54) is 5.48 Å². The van der Waals surface area contributed by atoms with Gasteiger partial charge in [-0.1, -0.05) is 37.5 Å². The first-order valence-corrected chi connectivity index (χ1v) is 9.57. The number of hydrogen-bond donors (Lipinski definition) is 4. The molecule has 8 nitrogen and oxygen atoms in total. The molecule has 0 aliphatic carbocycles. The summed E-state index contributed by atoms with van der Waals surface area (Å²) >= 11 is 0. The van der Waals surface area contributed by atoms with Crippen LogP contribution < -0.4 is 16.1 Å². The van der Waals surface area contributed by atoms with Crippen LogP contribution in [0.1, 0.15) is 49.7 Å². The Bertz CT molecular complexity index is 971. The van der Waals surface area contributed by atoms with E-state index in [2.05, 4.69) is 22.5 Å². The second kappa shape index (κ2) is 12.1. The van der Waals surface area contributed by atoms with Crippen molar-refractivity contribution in [1.82, 2.24) is 16.1 Å². The molecule has 0 aliphatic heterocycles. The van der Waals surface area contributed by atoms with Gasteiger partial charge in [0, 0.05) is 16.7 Å². The van der Waals surface area contributed by atoms with Gasteiger partial charge in [-0.25, -0.2) is 10.3 Å². The van der Waals surface area contributed by atoms with Gasteiger partial charge < -0.3 is 15.4 Å². The van der Waals surface area contributed by atoms with Crippen LogP contribution in [0.3, 0.4) is 0 Å². The van der Waals surface area contributed by atoms with Crippen molar-refractivity contribution < 1.29 is 24.3 Å². The predicted octanol–water partition coefficient (Wildman–Crippen LogP) is 2.85. The summed E-state index contributed by atoms with van der Waals surface area (Å²) < 4.78 is 5.09. The van der Waals surface area contributed by atoms with E-state index in [1.807, 2.05) is 30.3 Å². The van der Waals surface area contributed by atoms with E-state index >= 15 is 0 Å². The Labute approximate surface area is 188 Å². The molecule has 8 heteroatoms. The number of hydrogen-bond acceptors (Lipinski definition) is 5. The minimum atomic E-state index is -1.21. The second-order valence-corrected chi connectivity index (χ2v) is 7.58. The molecule has 4 N–H and O–H groups in total. The molecule has 0 aromatic heterocycles. The Hall–Kier alpha value is -3.83. The Kier molecular flexibility index (Phi) is 9.93. The fraction of sp³-hybridized carbons (Fsp3) is 0.292. The van der Waals surface area contributed by atoms with Crippen molar-refractivity contribution in [2.45, 2.75) is 39.8 Å². The molecule has 0 saturated heterocycles. The van der Waals surface area contributed by atoms with E-state index in [1.54, 1.807) is 45.0 Å². The highest BCUT2D eigenvalue weighted by Crippen LogP contribution is 2.07. The lowest BCUT2D eigenvalue weighted by Crippen LogP contribution is -2.52. The topological polar surface area (TPSA) is 117 Å². The number of amides is 3. The van der Waals surface area contributed by atoms with E-state index in [-0.39, 0.29) is 14.0 Å². The van der Waals surface area contributed by atoms with Crippen LogP contribution in [0.2, 0.25) is 0 Å². The van der Waals surface area contributed by atoms with E-state index in [9.17, 15) is 14.4 Å². The molecule has 170 valence electrons. The molecule has 3 amide bonds. The summed E-state index contributed by atoms with van der Waals surface area (Å²) in [6, 6.07) is 14.8. The van der Waals surface area contributed by atoms with Crippen LogP contribution in [0, 0.1) is 11.8 Å². The Morgan fingerprint density at radius 2 is 1.53 bits per heavy atom. The number of benzene rings is 2. The van der Waals surface area contributed by atoms with Crippen molar-refractivity contribution in [3.05, 3.63) is 71.3 Å². The van der Waals surface area contributed by atoms with Gasteiger partial charge in [0.15, 0.2) is 0 Å². The lowest BCUT2D eigenvalue weighted by molar-refractivity contribution is -0.131. The zero-order valence-electron chi connectivity index (χ0n) is 17.6. The Morgan fingerprint density at radius 1 is 0.969 bits per heavy atom. The molecular formula is C24H29N3O5. The first-order chi connectivity index (χ1) is 14.7. The van der Waals surface area contributed by atoms with Gasteiger partial charge in [-0.2, -0.15) is 0 Å². The Morgan fingerprint density at radius 3 is 2.06 bits per heavy atom. The summed E-state index contributed by atoms with van der Waals surface area (Å²) in [5, 5.41) is 13.8. The van der Waals surface area contributed by atoms with E-state index in [0.29, 0.717) is 5.56 Å².